The Hall–Kier alpha value is -2.40. The van der Waals surface area contributed by atoms with Crippen LogP contribution in [0.25, 0.3) is 11.1 Å². The number of hydrogen-bond acceptors (Lipinski definition) is 3. The van der Waals surface area contributed by atoms with Gasteiger partial charge in [-0.15, -0.1) is 0 Å². The third kappa shape index (κ3) is 3.79. The first kappa shape index (κ1) is 15.0. The topological polar surface area (TPSA) is 79.4 Å². The zero-order valence-corrected chi connectivity index (χ0v) is 11.9. The quantitative estimate of drug-likeness (QED) is 0.886. The van der Waals surface area contributed by atoms with E-state index in [1.165, 1.54) is 12.3 Å². The van der Waals surface area contributed by atoms with Crippen LogP contribution in [-0.4, -0.2) is 22.2 Å². The van der Waals surface area contributed by atoms with Crippen LogP contribution in [0.4, 0.5) is 0 Å². The zero-order valence-electron chi connectivity index (χ0n) is 11.9. The van der Waals surface area contributed by atoms with Gasteiger partial charge in [-0.25, -0.2) is 4.79 Å². The van der Waals surface area contributed by atoms with Gasteiger partial charge in [-0.05, 0) is 42.7 Å². The van der Waals surface area contributed by atoms with Crippen molar-refractivity contribution < 1.29 is 14.6 Å². The first-order chi connectivity index (χ1) is 9.97. The van der Waals surface area contributed by atoms with Crippen molar-refractivity contribution in [2.75, 3.05) is 0 Å². The van der Waals surface area contributed by atoms with Gasteiger partial charge in [0.1, 0.15) is 5.56 Å². The van der Waals surface area contributed by atoms with E-state index >= 15 is 0 Å². The van der Waals surface area contributed by atoms with Crippen LogP contribution in [0.1, 0.15) is 29.8 Å². The van der Waals surface area contributed by atoms with E-state index < -0.39 is 11.5 Å². The van der Waals surface area contributed by atoms with E-state index in [1.54, 1.807) is 0 Å². The highest BCUT2D eigenvalue weighted by Crippen LogP contribution is 2.20. The molecule has 2 rings (SSSR count). The molecule has 1 aromatic heterocycles. The van der Waals surface area contributed by atoms with Gasteiger partial charge in [-0.1, -0.05) is 18.2 Å². The summed E-state index contributed by atoms with van der Waals surface area (Å²) in [6.07, 6.45) is 1.65. The van der Waals surface area contributed by atoms with Gasteiger partial charge in [0.25, 0.3) is 5.56 Å². The molecule has 21 heavy (non-hydrogen) atoms. The molecule has 110 valence electrons. The summed E-state index contributed by atoms with van der Waals surface area (Å²) in [6, 6.07) is 8.97. The van der Waals surface area contributed by atoms with Crippen molar-refractivity contribution in [1.82, 2.24) is 4.98 Å². The number of carboxylic acid groups (broad SMARTS) is 1. The number of aromatic amines is 1. The molecule has 0 spiro atoms. The highest BCUT2D eigenvalue weighted by molar-refractivity contribution is 5.88. The molecule has 0 saturated heterocycles. The second-order valence-electron chi connectivity index (χ2n) is 5.00. The number of ether oxygens (including phenoxy) is 1. The van der Waals surface area contributed by atoms with Crippen LogP contribution >= 0.6 is 0 Å². The summed E-state index contributed by atoms with van der Waals surface area (Å²) in [4.78, 5) is 24.9. The Morgan fingerprint density at radius 3 is 2.71 bits per heavy atom. The van der Waals surface area contributed by atoms with E-state index in [2.05, 4.69) is 4.98 Å². The summed E-state index contributed by atoms with van der Waals surface area (Å²) in [6.45, 7) is 4.41. The monoisotopic (exact) mass is 287 g/mol. The molecule has 0 fully saturated rings. The van der Waals surface area contributed by atoms with Crippen molar-refractivity contribution in [2.24, 2.45) is 0 Å². The molecule has 0 radical (unpaired) electrons. The number of nitrogens with one attached hydrogen (secondary N) is 1. The average molecular weight is 287 g/mol. The molecular formula is C16H17NO4. The summed E-state index contributed by atoms with van der Waals surface area (Å²) in [5, 5.41) is 9.00. The van der Waals surface area contributed by atoms with Crippen molar-refractivity contribution in [1.29, 1.82) is 0 Å². The first-order valence-corrected chi connectivity index (χ1v) is 6.64. The van der Waals surface area contributed by atoms with Gasteiger partial charge in [0.05, 0.1) is 12.7 Å². The zero-order chi connectivity index (χ0) is 15.4. The second-order valence-corrected chi connectivity index (χ2v) is 5.00. The van der Waals surface area contributed by atoms with Crippen molar-refractivity contribution in [3.63, 3.8) is 0 Å². The number of rotatable bonds is 5. The van der Waals surface area contributed by atoms with Crippen molar-refractivity contribution >= 4 is 5.97 Å². The number of pyridine rings is 1. The van der Waals surface area contributed by atoms with Gasteiger partial charge in [0.15, 0.2) is 0 Å². The lowest BCUT2D eigenvalue weighted by atomic mass is 10.0. The Labute approximate surface area is 122 Å². The van der Waals surface area contributed by atoms with Crippen LogP contribution in [0, 0.1) is 0 Å². The molecular weight excluding hydrogens is 270 g/mol. The number of hydrogen-bond donors (Lipinski definition) is 2. The minimum atomic E-state index is -1.24. The maximum Gasteiger partial charge on any atom is 0.341 e. The number of aromatic carboxylic acids is 1. The summed E-state index contributed by atoms with van der Waals surface area (Å²) < 4.78 is 5.55. The second kappa shape index (κ2) is 6.37. The van der Waals surface area contributed by atoms with Gasteiger partial charge in [0, 0.05) is 6.20 Å². The van der Waals surface area contributed by atoms with E-state index in [9.17, 15) is 9.59 Å². The number of benzene rings is 1. The van der Waals surface area contributed by atoms with E-state index in [4.69, 9.17) is 9.84 Å². The minimum absolute atomic E-state index is 0.139. The maximum atomic E-state index is 11.4. The van der Waals surface area contributed by atoms with Gasteiger partial charge in [-0.2, -0.15) is 0 Å². The normalized spacial score (nSPS) is 10.8. The molecule has 0 amide bonds. The minimum Gasteiger partial charge on any atom is -0.477 e. The third-order valence-electron chi connectivity index (χ3n) is 2.98. The molecule has 0 bridgehead atoms. The average Bonchev–Trinajstić information content (AvgIpc) is 2.45. The van der Waals surface area contributed by atoms with Crippen LogP contribution in [0.15, 0.2) is 41.3 Å². The molecule has 1 heterocycles. The lowest BCUT2D eigenvalue weighted by Gasteiger charge is -2.09. The van der Waals surface area contributed by atoms with Crippen LogP contribution in [0.2, 0.25) is 0 Å². The molecule has 1 aromatic carbocycles. The molecule has 5 heteroatoms. The summed E-state index contributed by atoms with van der Waals surface area (Å²) in [5.41, 5.74) is 1.60. The fourth-order valence-electron chi connectivity index (χ4n) is 1.91. The fourth-order valence-corrected chi connectivity index (χ4v) is 1.91. The number of aromatic nitrogens is 1. The molecule has 5 nitrogen and oxygen atoms in total. The number of carboxylic acids is 1. The fraction of sp³-hybridized carbons (Fsp3) is 0.250. The van der Waals surface area contributed by atoms with Crippen LogP contribution in [0.5, 0.6) is 0 Å². The summed E-state index contributed by atoms with van der Waals surface area (Å²) in [7, 11) is 0. The molecule has 2 aromatic rings. The molecule has 0 aliphatic rings. The number of H-pyrrole nitrogens is 1. The van der Waals surface area contributed by atoms with Gasteiger partial charge < -0.3 is 14.8 Å². The van der Waals surface area contributed by atoms with Crippen molar-refractivity contribution in [3.05, 3.63) is 58.0 Å². The Bertz CT molecular complexity index is 703. The maximum absolute atomic E-state index is 11.4. The summed E-state index contributed by atoms with van der Waals surface area (Å²) in [5.74, 6) is -1.24. The first-order valence-electron chi connectivity index (χ1n) is 6.64. The Balaban J connectivity index is 2.34. The van der Waals surface area contributed by atoms with Crippen LogP contribution in [-0.2, 0) is 11.3 Å². The highest BCUT2D eigenvalue weighted by Gasteiger charge is 2.10. The molecule has 0 aliphatic carbocycles. The molecule has 0 aliphatic heterocycles. The van der Waals surface area contributed by atoms with E-state index in [0.29, 0.717) is 12.2 Å². The van der Waals surface area contributed by atoms with E-state index in [0.717, 1.165) is 11.1 Å². The third-order valence-corrected chi connectivity index (χ3v) is 2.98. The van der Waals surface area contributed by atoms with Crippen molar-refractivity contribution in [3.8, 4) is 11.1 Å². The highest BCUT2D eigenvalue weighted by atomic mass is 16.5. The standard InChI is InChI=1S/C16H17NO4/c1-10(2)21-9-11-4-3-5-12(6-11)13-7-14(16(19)20)15(18)17-8-13/h3-8,10H,9H2,1-2H3,(H,17,18)(H,19,20). The smallest absolute Gasteiger partial charge is 0.341 e. The largest absolute Gasteiger partial charge is 0.477 e. The molecule has 2 N–H and O–H groups in total. The lowest BCUT2D eigenvalue weighted by molar-refractivity contribution is 0.0657. The van der Waals surface area contributed by atoms with Gasteiger partial charge >= 0.3 is 5.97 Å². The molecule has 0 saturated carbocycles. The molecule has 0 unspecified atom stereocenters. The predicted octanol–water partition coefficient (Wildman–Crippen LogP) is 2.67. The summed E-state index contributed by atoms with van der Waals surface area (Å²) >= 11 is 0. The SMILES string of the molecule is CC(C)OCc1cccc(-c2c[nH]c(=O)c(C(=O)O)c2)c1. The Morgan fingerprint density at radius 1 is 1.29 bits per heavy atom. The predicted molar refractivity (Wildman–Crippen MR) is 79.4 cm³/mol. The van der Waals surface area contributed by atoms with Gasteiger partial charge in [-0.3, -0.25) is 4.79 Å². The van der Waals surface area contributed by atoms with Crippen LogP contribution in [0.3, 0.4) is 0 Å². The van der Waals surface area contributed by atoms with Crippen molar-refractivity contribution in [2.45, 2.75) is 26.6 Å². The van der Waals surface area contributed by atoms with E-state index in [1.807, 2.05) is 38.1 Å². The Kier molecular flexibility index (Phi) is 4.55. The van der Waals surface area contributed by atoms with Gasteiger partial charge in [0.2, 0.25) is 0 Å². The van der Waals surface area contributed by atoms with Crippen LogP contribution < -0.4 is 5.56 Å². The lowest BCUT2D eigenvalue weighted by Crippen LogP contribution is -2.16. The Morgan fingerprint density at radius 2 is 2.05 bits per heavy atom. The van der Waals surface area contributed by atoms with E-state index in [-0.39, 0.29) is 11.7 Å². The molecule has 0 atom stereocenters. The number of carbonyl (C=O) groups is 1.